The van der Waals surface area contributed by atoms with Gasteiger partial charge in [-0.2, -0.15) is 13.2 Å². The first-order chi connectivity index (χ1) is 7.04. The molecule has 5 heteroatoms. The van der Waals surface area contributed by atoms with Crippen LogP contribution in [0.25, 0.3) is 0 Å². The maximum absolute atomic E-state index is 11.9. The SMILES string of the molecule is FC(F)(F)CNCc1cc2c(s1)CCC2. The van der Waals surface area contributed by atoms with Crippen LogP contribution in [-0.2, 0) is 19.4 Å². The van der Waals surface area contributed by atoms with Crippen LogP contribution in [0.2, 0.25) is 0 Å². The molecule has 0 aromatic carbocycles. The molecule has 0 aliphatic heterocycles. The minimum Gasteiger partial charge on any atom is -0.304 e. The van der Waals surface area contributed by atoms with Crippen LogP contribution in [0.15, 0.2) is 6.07 Å². The molecule has 1 aliphatic carbocycles. The van der Waals surface area contributed by atoms with Gasteiger partial charge in [0.2, 0.25) is 0 Å². The molecule has 0 saturated heterocycles. The van der Waals surface area contributed by atoms with Crippen molar-refractivity contribution < 1.29 is 13.2 Å². The van der Waals surface area contributed by atoms with E-state index in [9.17, 15) is 13.2 Å². The Morgan fingerprint density at radius 2 is 2.13 bits per heavy atom. The summed E-state index contributed by atoms with van der Waals surface area (Å²) >= 11 is 1.64. The summed E-state index contributed by atoms with van der Waals surface area (Å²) in [5, 5.41) is 2.42. The van der Waals surface area contributed by atoms with E-state index < -0.39 is 12.7 Å². The lowest BCUT2D eigenvalue weighted by Gasteiger charge is -2.06. The third-order valence-corrected chi connectivity index (χ3v) is 3.66. The van der Waals surface area contributed by atoms with E-state index in [0.29, 0.717) is 6.54 Å². The van der Waals surface area contributed by atoms with Gasteiger partial charge in [-0.1, -0.05) is 0 Å². The van der Waals surface area contributed by atoms with E-state index in [1.807, 2.05) is 6.07 Å². The summed E-state index contributed by atoms with van der Waals surface area (Å²) in [6.07, 6.45) is -0.734. The van der Waals surface area contributed by atoms with E-state index in [0.717, 1.165) is 17.7 Å². The third kappa shape index (κ3) is 2.95. The lowest BCUT2D eigenvalue weighted by atomic mass is 10.2. The predicted molar refractivity (Wildman–Crippen MR) is 54.1 cm³/mol. The second-order valence-electron chi connectivity index (χ2n) is 3.73. The Balaban J connectivity index is 1.84. The van der Waals surface area contributed by atoms with E-state index >= 15 is 0 Å². The lowest BCUT2D eigenvalue weighted by Crippen LogP contribution is -2.27. The quantitative estimate of drug-likeness (QED) is 0.849. The van der Waals surface area contributed by atoms with Crippen molar-refractivity contribution in [2.45, 2.75) is 32.0 Å². The van der Waals surface area contributed by atoms with Crippen LogP contribution in [0.1, 0.15) is 21.7 Å². The number of rotatable bonds is 3. The van der Waals surface area contributed by atoms with Crippen LogP contribution in [-0.4, -0.2) is 12.7 Å². The summed E-state index contributed by atoms with van der Waals surface area (Å²) in [5.74, 6) is 0. The van der Waals surface area contributed by atoms with Gasteiger partial charge in [0.25, 0.3) is 0 Å². The maximum atomic E-state index is 11.9. The average Bonchev–Trinajstić information content (AvgIpc) is 2.60. The summed E-state index contributed by atoms with van der Waals surface area (Å²) in [4.78, 5) is 2.38. The van der Waals surface area contributed by atoms with E-state index in [1.165, 1.54) is 16.9 Å². The fraction of sp³-hybridized carbons (Fsp3) is 0.600. The minimum atomic E-state index is -4.11. The summed E-state index contributed by atoms with van der Waals surface area (Å²) in [6.45, 7) is -0.577. The summed E-state index contributed by atoms with van der Waals surface area (Å²) in [7, 11) is 0. The summed E-state index contributed by atoms with van der Waals surface area (Å²) < 4.78 is 35.6. The zero-order valence-corrected chi connectivity index (χ0v) is 8.97. The predicted octanol–water partition coefficient (Wildman–Crippen LogP) is 2.89. The van der Waals surface area contributed by atoms with Crippen LogP contribution < -0.4 is 5.32 Å². The van der Waals surface area contributed by atoms with Crippen LogP contribution in [0.3, 0.4) is 0 Å². The van der Waals surface area contributed by atoms with Gasteiger partial charge < -0.3 is 5.32 Å². The van der Waals surface area contributed by atoms with Crippen molar-refractivity contribution >= 4 is 11.3 Å². The summed E-state index contributed by atoms with van der Waals surface area (Å²) in [5.41, 5.74) is 1.34. The van der Waals surface area contributed by atoms with Crippen molar-refractivity contribution in [3.63, 3.8) is 0 Å². The van der Waals surface area contributed by atoms with Crippen LogP contribution in [0.5, 0.6) is 0 Å². The first kappa shape index (κ1) is 11.0. The highest BCUT2D eigenvalue weighted by molar-refractivity contribution is 7.12. The first-order valence-corrected chi connectivity index (χ1v) is 5.74. The molecule has 1 heterocycles. The highest BCUT2D eigenvalue weighted by Gasteiger charge is 2.26. The van der Waals surface area contributed by atoms with Crippen molar-refractivity contribution in [2.75, 3.05) is 6.54 Å². The Morgan fingerprint density at radius 3 is 2.80 bits per heavy atom. The molecule has 0 amide bonds. The largest absolute Gasteiger partial charge is 0.401 e. The molecule has 0 spiro atoms. The van der Waals surface area contributed by atoms with Gasteiger partial charge >= 0.3 is 6.18 Å². The summed E-state index contributed by atoms with van der Waals surface area (Å²) in [6, 6.07) is 2.04. The normalized spacial score (nSPS) is 15.7. The van der Waals surface area contributed by atoms with Gasteiger partial charge in [0, 0.05) is 16.3 Å². The Bertz CT molecular complexity index is 321. The minimum absolute atomic E-state index is 0.331. The van der Waals surface area contributed by atoms with Crippen molar-refractivity contribution in [3.8, 4) is 0 Å². The Labute approximate surface area is 90.3 Å². The number of fused-ring (bicyclic) bond motifs is 1. The van der Waals surface area contributed by atoms with Gasteiger partial charge in [0.1, 0.15) is 0 Å². The molecule has 15 heavy (non-hydrogen) atoms. The van der Waals surface area contributed by atoms with E-state index in [4.69, 9.17) is 0 Å². The molecule has 0 unspecified atom stereocenters. The van der Waals surface area contributed by atoms with Gasteiger partial charge in [-0.05, 0) is 30.9 Å². The Morgan fingerprint density at radius 1 is 1.33 bits per heavy atom. The number of halogens is 3. The third-order valence-electron chi connectivity index (χ3n) is 2.42. The highest BCUT2D eigenvalue weighted by atomic mass is 32.1. The molecule has 1 aromatic heterocycles. The highest BCUT2D eigenvalue weighted by Crippen LogP contribution is 2.30. The topological polar surface area (TPSA) is 12.0 Å². The molecule has 1 nitrogen and oxygen atoms in total. The number of aryl methyl sites for hydroxylation is 2. The Kier molecular flexibility index (Phi) is 3.02. The van der Waals surface area contributed by atoms with Crippen LogP contribution in [0.4, 0.5) is 13.2 Å². The van der Waals surface area contributed by atoms with Crippen molar-refractivity contribution in [2.24, 2.45) is 0 Å². The van der Waals surface area contributed by atoms with E-state index in [2.05, 4.69) is 5.32 Å². The lowest BCUT2D eigenvalue weighted by molar-refractivity contribution is -0.125. The van der Waals surface area contributed by atoms with Crippen LogP contribution >= 0.6 is 11.3 Å². The van der Waals surface area contributed by atoms with E-state index in [1.54, 1.807) is 11.3 Å². The molecular formula is C10H12F3NS. The van der Waals surface area contributed by atoms with Crippen molar-refractivity contribution in [1.29, 1.82) is 0 Å². The standard InChI is InChI=1S/C10H12F3NS/c11-10(12,13)6-14-5-8-4-7-2-1-3-9(7)15-8/h4,14H,1-3,5-6H2. The molecule has 0 bridgehead atoms. The van der Waals surface area contributed by atoms with Gasteiger partial charge in [0.15, 0.2) is 0 Å². The number of hydrogen-bond acceptors (Lipinski definition) is 2. The number of thiophene rings is 1. The number of hydrogen-bond donors (Lipinski definition) is 1. The second kappa shape index (κ2) is 4.14. The zero-order chi connectivity index (χ0) is 10.9. The monoisotopic (exact) mass is 235 g/mol. The molecule has 84 valence electrons. The number of alkyl halides is 3. The van der Waals surface area contributed by atoms with E-state index in [-0.39, 0.29) is 0 Å². The Hall–Kier alpha value is -0.550. The molecule has 2 rings (SSSR count). The molecule has 1 N–H and O–H groups in total. The molecule has 1 aliphatic rings. The molecular weight excluding hydrogens is 223 g/mol. The molecule has 1 aromatic rings. The fourth-order valence-corrected chi connectivity index (χ4v) is 3.04. The second-order valence-corrected chi connectivity index (χ2v) is 4.95. The van der Waals surface area contributed by atoms with Gasteiger partial charge in [-0.25, -0.2) is 0 Å². The van der Waals surface area contributed by atoms with Crippen molar-refractivity contribution in [1.82, 2.24) is 5.32 Å². The molecule has 0 radical (unpaired) electrons. The van der Waals surface area contributed by atoms with Gasteiger partial charge in [0.05, 0.1) is 6.54 Å². The molecule has 0 saturated carbocycles. The maximum Gasteiger partial charge on any atom is 0.401 e. The van der Waals surface area contributed by atoms with Gasteiger partial charge in [-0.3, -0.25) is 0 Å². The van der Waals surface area contributed by atoms with Gasteiger partial charge in [-0.15, -0.1) is 11.3 Å². The average molecular weight is 235 g/mol. The zero-order valence-electron chi connectivity index (χ0n) is 8.16. The molecule has 0 atom stereocenters. The first-order valence-electron chi connectivity index (χ1n) is 4.92. The van der Waals surface area contributed by atoms with Crippen molar-refractivity contribution in [3.05, 3.63) is 21.4 Å². The molecule has 0 fully saturated rings. The fourth-order valence-electron chi connectivity index (χ4n) is 1.81. The van der Waals surface area contributed by atoms with Crippen LogP contribution in [0, 0.1) is 0 Å². The smallest absolute Gasteiger partial charge is 0.304 e. The number of nitrogens with one attached hydrogen (secondary N) is 1.